The minimum Gasteiger partial charge on any atom is -0.489 e. The van der Waals surface area contributed by atoms with E-state index in [1.807, 2.05) is 0 Å². The van der Waals surface area contributed by atoms with Gasteiger partial charge in [-0.3, -0.25) is 0 Å². The highest BCUT2D eigenvalue weighted by Gasteiger charge is 2.29. The van der Waals surface area contributed by atoms with Crippen molar-refractivity contribution in [3.63, 3.8) is 0 Å². The lowest BCUT2D eigenvalue weighted by atomic mass is 10.2. The number of nitrogens with zero attached hydrogens (tertiary/aromatic N) is 1. The van der Waals surface area contributed by atoms with Crippen molar-refractivity contribution in [1.82, 2.24) is 4.98 Å². The summed E-state index contributed by atoms with van der Waals surface area (Å²) < 4.78 is 42.4. The monoisotopic (exact) mass is 297 g/mol. The van der Waals surface area contributed by atoms with E-state index in [-0.39, 0.29) is 18.1 Å². The zero-order chi connectivity index (χ0) is 15.5. The number of alkyl halides is 3. The van der Waals surface area contributed by atoms with Crippen molar-refractivity contribution in [3.8, 4) is 5.75 Å². The molecule has 0 aliphatic heterocycles. The van der Waals surface area contributed by atoms with Crippen LogP contribution in [-0.2, 0) is 12.8 Å². The maximum Gasteiger partial charge on any atom is 0.416 e. The fourth-order valence-electron chi connectivity index (χ4n) is 1.54. The molecule has 0 amide bonds. The summed E-state index contributed by atoms with van der Waals surface area (Å²) in [5, 5.41) is 8.69. The minimum atomic E-state index is -4.38. The number of hydrogen-bond acceptors (Lipinski definition) is 3. The number of benzene rings is 1. The Morgan fingerprint density at radius 2 is 1.81 bits per heavy atom. The SMILES string of the molecule is O=C(O)c1ccc(COc2ccc(C(F)(F)F)cc2)cn1. The first-order valence-electron chi connectivity index (χ1n) is 5.84. The number of carboxylic acids is 1. The van der Waals surface area contributed by atoms with Gasteiger partial charge in [0.15, 0.2) is 0 Å². The van der Waals surface area contributed by atoms with E-state index in [2.05, 4.69) is 4.98 Å². The molecular weight excluding hydrogens is 287 g/mol. The maximum absolute atomic E-state index is 12.4. The average molecular weight is 297 g/mol. The van der Waals surface area contributed by atoms with E-state index in [9.17, 15) is 18.0 Å². The van der Waals surface area contributed by atoms with Gasteiger partial charge in [0.2, 0.25) is 0 Å². The van der Waals surface area contributed by atoms with Crippen LogP contribution in [0.2, 0.25) is 0 Å². The molecule has 1 aromatic carbocycles. The van der Waals surface area contributed by atoms with Crippen molar-refractivity contribution < 1.29 is 27.8 Å². The Bertz CT molecular complexity index is 621. The number of rotatable bonds is 4. The Labute approximate surface area is 117 Å². The third-order valence-corrected chi connectivity index (χ3v) is 2.63. The molecule has 0 unspecified atom stereocenters. The van der Waals surface area contributed by atoms with E-state index in [1.54, 1.807) is 0 Å². The first-order chi connectivity index (χ1) is 9.86. The van der Waals surface area contributed by atoms with Gasteiger partial charge in [-0.25, -0.2) is 9.78 Å². The summed E-state index contributed by atoms with van der Waals surface area (Å²) in [6, 6.07) is 7.17. The molecule has 2 rings (SSSR count). The zero-order valence-electron chi connectivity index (χ0n) is 10.6. The van der Waals surface area contributed by atoms with Gasteiger partial charge >= 0.3 is 12.1 Å². The molecule has 0 radical (unpaired) electrons. The second-order valence-electron chi connectivity index (χ2n) is 4.17. The molecule has 0 fully saturated rings. The van der Waals surface area contributed by atoms with E-state index in [0.29, 0.717) is 5.56 Å². The fourth-order valence-corrected chi connectivity index (χ4v) is 1.54. The lowest BCUT2D eigenvalue weighted by Gasteiger charge is -2.09. The lowest BCUT2D eigenvalue weighted by Crippen LogP contribution is -2.05. The van der Waals surface area contributed by atoms with Crippen LogP contribution >= 0.6 is 0 Å². The van der Waals surface area contributed by atoms with Gasteiger partial charge in [0.1, 0.15) is 18.1 Å². The summed E-state index contributed by atoms with van der Waals surface area (Å²) in [4.78, 5) is 14.3. The summed E-state index contributed by atoms with van der Waals surface area (Å²) in [5.41, 5.74) is -0.226. The molecule has 110 valence electrons. The predicted molar refractivity (Wildman–Crippen MR) is 67.0 cm³/mol. The zero-order valence-corrected chi connectivity index (χ0v) is 10.6. The first kappa shape index (κ1) is 14.8. The quantitative estimate of drug-likeness (QED) is 0.940. The van der Waals surface area contributed by atoms with Crippen LogP contribution in [0.15, 0.2) is 42.6 Å². The maximum atomic E-state index is 12.4. The number of carbonyl (C=O) groups is 1. The predicted octanol–water partition coefficient (Wildman–Crippen LogP) is 3.38. The summed E-state index contributed by atoms with van der Waals surface area (Å²) in [7, 11) is 0. The van der Waals surface area contributed by atoms with E-state index in [1.165, 1.54) is 30.5 Å². The van der Waals surface area contributed by atoms with Gasteiger partial charge in [-0.2, -0.15) is 13.2 Å². The highest BCUT2D eigenvalue weighted by atomic mass is 19.4. The standard InChI is InChI=1S/C14H10F3NO3/c15-14(16,17)10-2-4-11(5-3-10)21-8-9-1-6-12(13(19)20)18-7-9/h1-7H,8H2,(H,19,20). The van der Waals surface area contributed by atoms with Gasteiger partial charge in [0, 0.05) is 11.8 Å². The molecule has 0 saturated heterocycles. The molecule has 1 aromatic heterocycles. The van der Waals surface area contributed by atoms with E-state index in [4.69, 9.17) is 9.84 Å². The van der Waals surface area contributed by atoms with Crippen molar-refractivity contribution in [1.29, 1.82) is 0 Å². The molecule has 0 aliphatic rings. The number of aromatic carboxylic acids is 1. The van der Waals surface area contributed by atoms with Crippen LogP contribution in [-0.4, -0.2) is 16.1 Å². The third kappa shape index (κ3) is 3.95. The Balaban J connectivity index is 1.98. The van der Waals surface area contributed by atoms with Gasteiger partial charge in [-0.05, 0) is 30.3 Å². The molecule has 2 aromatic rings. The largest absolute Gasteiger partial charge is 0.489 e. The molecule has 0 atom stereocenters. The molecule has 1 heterocycles. The van der Waals surface area contributed by atoms with E-state index >= 15 is 0 Å². The van der Waals surface area contributed by atoms with Crippen molar-refractivity contribution in [2.45, 2.75) is 12.8 Å². The molecule has 0 bridgehead atoms. The van der Waals surface area contributed by atoms with Gasteiger partial charge in [0.25, 0.3) is 0 Å². The molecule has 21 heavy (non-hydrogen) atoms. The molecule has 7 heteroatoms. The van der Waals surface area contributed by atoms with E-state index < -0.39 is 17.7 Å². The number of hydrogen-bond donors (Lipinski definition) is 1. The molecule has 4 nitrogen and oxygen atoms in total. The van der Waals surface area contributed by atoms with Crippen LogP contribution in [0.4, 0.5) is 13.2 Å². The topological polar surface area (TPSA) is 59.4 Å². The van der Waals surface area contributed by atoms with Crippen LogP contribution in [0.1, 0.15) is 21.6 Å². The number of halogens is 3. The van der Waals surface area contributed by atoms with Crippen LogP contribution in [0.5, 0.6) is 5.75 Å². The highest BCUT2D eigenvalue weighted by molar-refractivity contribution is 5.85. The number of ether oxygens (including phenoxy) is 1. The lowest BCUT2D eigenvalue weighted by molar-refractivity contribution is -0.137. The molecule has 0 spiro atoms. The summed E-state index contributed by atoms with van der Waals surface area (Å²) in [6.45, 7) is 0.0816. The molecular formula is C14H10F3NO3. The summed E-state index contributed by atoms with van der Waals surface area (Å²) in [6.07, 6.45) is -3.04. The molecule has 1 N–H and O–H groups in total. The van der Waals surface area contributed by atoms with Crippen molar-refractivity contribution in [3.05, 3.63) is 59.4 Å². The van der Waals surface area contributed by atoms with Gasteiger partial charge in [-0.1, -0.05) is 6.07 Å². The van der Waals surface area contributed by atoms with Crippen molar-refractivity contribution in [2.75, 3.05) is 0 Å². The normalized spacial score (nSPS) is 11.2. The van der Waals surface area contributed by atoms with Crippen LogP contribution in [0, 0.1) is 0 Å². The Kier molecular flexibility index (Phi) is 4.11. The van der Waals surface area contributed by atoms with E-state index in [0.717, 1.165) is 12.1 Å². The second kappa shape index (κ2) is 5.82. The summed E-state index contributed by atoms with van der Waals surface area (Å²) >= 11 is 0. The van der Waals surface area contributed by atoms with Crippen molar-refractivity contribution in [2.24, 2.45) is 0 Å². The van der Waals surface area contributed by atoms with Gasteiger partial charge < -0.3 is 9.84 Å². The Hall–Kier alpha value is -2.57. The number of carboxylic acid groups (broad SMARTS) is 1. The van der Waals surface area contributed by atoms with Crippen LogP contribution in [0.3, 0.4) is 0 Å². The molecule has 0 aliphatic carbocycles. The van der Waals surface area contributed by atoms with Gasteiger partial charge in [-0.15, -0.1) is 0 Å². The number of aromatic nitrogens is 1. The van der Waals surface area contributed by atoms with Crippen molar-refractivity contribution >= 4 is 5.97 Å². The van der Waals surface area contributed by atoms with Crippen LogP contribution in [0.25, 0.3) is 0 Å². The Morgan fingerprint density at radius 1 is 1.14 bits per heavy atom. The summed E-state index contributed by atoms with van der Waals surface area (Å²) in [5.74, 6) is -0.851. The Morgan fingerprint density at radius 3 is 2.29 bits per heavy atom. The first-order valence-corrected chi connectivity index (χ1v) is 5.84. The smallest absolute Gasteiger partial charge is 0.416 e. The fraction of sp³-hybridized carbons (Fsp3) is 0.143. The van der Waals surface area contributed by atoms with Crippen LogP contribution < -0.4 is 4.74 Å². The molecule has 0 saturated carbocycles. The van der Waals surface area contributed by atoms with Gasteiger partial charge in [0.05, 0.1) is 5.56 Å². The minimum absolute atomic E-state index is 0.0816. The average Bonchev–Trinajstić information content (AvgIpc) is 2.45. The second-order valence-corrected chi connectivity index (χ2v) is 4.17. The highest BCUT2D eigenvalue weighted by Crippen LogP contribution is 2.30. The third-order valence-electron chi connectivity index (χ3n) is 2.63. The number of pyridine rings is 1.